The molecule has 0 heterocycles. The van der Waals surface area contributed by atoms with E-state index in [-0.39, 0.29) is 13.2 Å². The van der Waals surface area contributed by atoms with E-state index in [4.69, 9.17) is 14.6 Å². The van der Waals surface area contributed by atoms with Crippen molar-refractivity contribution in [3.63, 3.8) is 0 Å². The van der Waals surface area contributed by atoms with Gasteiger partial charge in [-0.05, 0) is 26.3 Å². The number of nitrogens with one attached hydrogen (secondary N) is 1. The van der Waals surface area contributed by atoms with Crippen LogP contribution in [0.25, 0.3) is 0 Å². The maximum atomic E-state index is 11.6. The Morgan fingerprint density at radius 3 is 2.35 bits per heavy atom. The summed E-state index contributed by atoms with van der Waals surface area (Å²) in [5.74, 6) is -1.37. The summed E-state index contributed by atoms with van der Waals surface area (Å²) in [4.78, 5) is 22.8. The fraction of sp³-hybridized carbons (Fsp3) is 0.500. The zero-order chi connectivity index (χ0) is 17.5. The summed E-state index contributed by atoms with van der Waals surface area (Å²) in [6.45, 7) is 4.96. The largest absolute Gasteiger partial charge is 0.480 e. The molecule has 0 unspecified atom stereocenters. The van der Waals surface area contributed by atoms with Gasteiger partial charge in [0.25, 0.3) is 0 Å². The van der Waals surface area contributed by atoms with Crippen molar-refractivity contribution in [1.29, 1.82) is 0 Å². The van der Waals surface area contributed by atoms with Crippen LogP contribution >= 0.6 is 0 Å². The molecule has 1 rings (SSSR count). The molecule has 1 aromatic rings. The molecule has 0 aliphatic heterocycles. The number of hydrogen-bond donors (Lipinski definition) is 3. The Labute approximate surface area is 135 Å². The second-order valence-corrected chi connectivity index (χ2v) is 6.03. The molecule has 2 atom stereocenters. The molecule has 1 aromatic carbocycles. The van der Waals surface area contributed by atoms with Gasteiger partial charge in [0, 0.05) is 0 Å². The molecule has 0 aromatic heterocycles. The summed E-state index contributed by atoms with van der Waals surface area (Å²) in [5.41, 5.74) is 0.133. The molecule has 1 amide bonds. The highest BCUT2D eigenvalue weighted by Crippen LogP contribution is 2.08. The van der Waals surface area contributed by atoms with E-state index in [9.17, 15) is 14.7 Å². The van der Waals surface area contributed by atoms with E-state index in [0.717, 1.165) is 5.56 Å². The number of benzene rings is 1. The Morgan fingerprint density at radius 1 is 1.22 bits per heavy atom. The molecule has 7 heteroatoms. The quantitative estimate of drug-likeness (QED) is 0.702. The van der Waals surface area contributed by atoms with E-state index < -0.39 is 29.8 Å². The van der Waals surface area contributed by atoms with Crippen LogP contribution in [0, 0.1) is 0 Å². The molecule has 0 radical (unpaired) electrons. The lowest BCUT2D eigenvalue weighted by atomic mass is 10.1. The van der Waals surface area contributed by atoms with Crippen LogP contribution in [0.5, 0.6) is 0 Å². The number of rotatable bonds is 7. The van der Waals surface area contributed by atoms with E-state index in [2.05, 4.69) is 5.32 Å². The number of hydrogen-bond acceptors (Lipinski definition) is 5. The number of carboxylic acid groups (broad SMARTS) is 1. The number of amides is 1. The average Bonchev–Trinajstić information content (AvgIpc) is 2.43. The Balaban J connectivity index is 2.49. The van der Waals surface area contributed by atoms with Crippen LogP contribution < -0.4 is 5.32 Å². The van der Waals surface area contributed by atoms with Crippen LogP contribution in [0.15, 0.2) is 30.3 Å². The summed E-state index contributed by atoms with van der Waals surface area (Å²) >= 11 is 0. The first kappa shape index (κ1) is 18.9. The van der Waals surface area contributed by atoms with Gasteiger partial charge in [-0.3, -0.25) is 0 Å². The first-order valence-corrected chi connectivity index (χ1v) is 7.21. The van der Waals surface area contributed by atoms with Gasteiger partial charge >= 0.3 is 12.1 Å². The van der Waals surface area contributed by atoms with Crippen molar-refractivity contribution in [2.45, 2.75) is 45.1 Å². The van der Waals surface area contributed by atoms with Crippen molar-refractivity contribution in [1.82, 2.24) is 5.32 Å². The van der Waals surface area contributed by atoms with Gasteiger partial charge < -0.3 is 25.0 Å². The normalized spacial score (nSPS) is 13.9. The minimum absolute atomic E-state index is 0.233. The smallest absolute Gasteiger partial charge is 0.408 e. The van der Waals surface area contributed by atoms with Gasteiger partial charge in [0.2, 0.25) is 0 Å². The lowest BCUT2D eigenvalue weighted by Gasteiger charge is -2.24. The maximum absolute atomic E-state index is 11.6. The molecule has 23 heavy (non-hydrogen) atoms. The van der Waals surface area contributed by atoms with E-state index in [1.807, 2.05) is 30.3 Å². The van der Waals surface area contributed by atoms with E-state index >= 15 is 0 Å². The van der Waals surface area contributed by atoms with Crippen LogP contribution in [-0.2, 0) is 20.9 Å². The lowest BCUT2D eigenvalue weighted by Crippen LogP contribution is -2.51. The van der Waals surface area contributed by atoms with Gasteiger partial charge in [0.1, 0.15) is 11.7 Å². The van der Waals surface area contributed by atoms with Gasteiger partial charge in [-0.1, -0.05) is 30.3 Å². The van der Waals surface area contributed by atoms with Crippen LogP contribution in [0.4, 0.5) is 4.79 Å². The summed E-state index contributed by atoms with van der Waals surface area (Å²) in [6.07, 6.45) is -2.31. The topological polar surface area (TPSA) is 105 Å². The summed E-state index contributed by atoms with van der Waals surface area (Å²) in [7, 11) is 0. The second kappa shape index (κ2) is 8.50. The molecular formula is C16H23NO6. The summed E-state index contributed by atoms with van der Waals surface area (Å²) < 4.78 is 10.3. The minimum atomic E-state index is -1.51. The number of aliphatic hydroxyl groups excluding tert-OH is 1. The Morgan fingerprint density at radius 2 is 1.83 bits per heavy atom. The number of carboxylic acids is 1. The predicted molar refractivity (Wildman–Crippen MR) is 82.9 cm³/mol. The van der Waals surface area contributed by atoms with Crippen molar-refractivity contribution in [2.75, 3.05) is 6.61 Å². The third-order valence-corrected chi connectivity index (χ3v) is 2.72. The van der Waals surface area contributed by atoms with Crippen LogP contribution in [-0.4, -0.2) is 46.6 Å². The molecule has 0 fully saturated rings. The average molecular weight is 325 g/mol. The summed E-state index contributed by atoms with van der Waals surface area (Å²) in [6, 6.07) is 7.74. The highest BCUT2D eigenvalue weighted by Gasteiger charge is 2.30. The van der Waals surface area contributed by atoms with Crippen molar-refractivity contribution in [3.05, 3.63) is 35.9 Å². The number of aliphatic hydroxyl groups is 1. The van der Waals surface area contributed by atoms with E-state index in [1.54, 1.807) is 20.8 Å². The number of alkyl carbamates (subject to hydrolysis) is 1. The van der Waals surface area contributed by atoms with Crippen molar-refractivity contribution >= 4 is 12.1 Å². The van der Waals surface area contributed by atoms with Gasteiger partial charge in [0.05, 0.1) is 13.2 Å². The Kier molecular flexibility index (Phi) is 6.99. The second-order valence-electron chi connectivity index (χ2n) is 6.03. The first-order valence-electron chi connectivity index (χ1n) is 7.21. The Hall–Kier alpha value is -2.12. The number of carbonyl (C=O) groups excluding carboxylic acids is 1. The zero-order valence-corrected chi connectivity index (χ0v) is 13.5. The van der Waals surface area contributed by atoms with Crippen molar-refractivity contribution < 1.29 is 29.3 Å². The fourth-order valence-corrected chi connectivity index (χ4v) is 1.73. The highest BCUT2D eigenvalue weighted by atomic mass is 16.6. The number of aliphatic carboxylic acids is 1. The molecule has 0 saturated carbocycles. The molecule has 0 bridgehead atoms. The monoisotopic (exact) mass is 325 g/mol. The van der Waals surface area contributed by atoms with Crippen molar-refractivity contribution in [3.8, 4) is 0 Å². The standard InChI is InChI=1S/C16H23NO6/c1-16(2,3)23-15(21)17-13(14(19)20)12(18)10-22-9-11-7-5-4-6-8-11/h4-8,12-13,18H,9-10H2,1-3H3,(H,17,21)(H,19,20)/t12-,13-/m0/s1. The Bertz CT molecular complexity index is 511. The van der Waals surface area contributed by atoms with Crippen LogP contribution in [0.3, 0.4) is 0 Å². The van der Waals surface area contributed by atoms with E-state index in [1.165, 1.54) is 0 Å². The van der Waals surface area contributed by atoms with Crippen LogP contribution in [0.1, 0.15) is 26.3 Å². The number of ether oxygens (including phenoxy) is 2. The first-order chi connectivity index (χ1) is 10.7. The third-order valence-electron chi connectivity index (χ3n) is 2.72. The van der Waals surface area contributed by atoms with Gasteiger partial charge in [-0.15, -0.1) is 0 Å². The molecule has 128 valence electrons. The minimum Gasteiger partial charge on any atom is -0.480 e. The predicted octanol–water partition coefficient (Wildman–Crippen LogP) is 1.54. The number of carbonyl (C=O) groups is 2. The molecule has 0 spiro atoms. The molecule has 0 saturated heterocycles. The van der Waals surface area contributed by atoms with Gasteiger partial charge in [0.15, 0.2) is 6.04 Å². The molecular weight excluding hydrogens is 302 g/mol. The van der Waals surface area contributed by atoms with Gasteiger partial charge in [-0.25, -0.2) is 9.59 Å². The van der Waals surface area contributed by atoms with Crippen molar-refractivity contribution in [2.24, 2.45) is 0 Å². The van der Waals surface area contributed by atoms with Crippen LogP contribution in [0.2, 0.25) is 0 Å². The molecule has 7 nitrogen and oxygen atoms in total. The lowest BCUT2D eigenvalue weighted by molar-refractivity contribution is -0.143. The molecule has 0 aliphatic carbocycles. The molecule has 0 aliphatic rings. The zero-order valence-electron chi connectivity index (χ0n) is 13.5. The maximum Gasteiger partial charge on any atom is 0.408 e. The van der Waals surface area contributed by atoms with Gasteiger partial charge in [-0.2, -0.15) is 0 Å². The van der Waals surface area contributed by atoms with E-state index in [0.29, 0.717) is 0 Å². The highest BCUT2D eigenvalue weighted by molar-refractivity contribution is 5.80. The SMILES string of the molecule is CC(C)(C)OC(=O)N[C@H](C(=O)O)[C@@H](O)COCc1ccccc1. The summed E-state index contributed by atoms with van der Waals surface area (Å²) in [5, 5.41) is 21.2. The molecule has 3 N–H and O–H groups in total. The fourth-order valence-electron chi connectivity index (χ4n) is 1.73. The third kappa shape index (κ3) is 7.62.